The highest BCUT2D eigenvalue weighted by Crippen LogP contribution is 2.18. The van der Waals surface area contributed by atoms with Crippen LogP contribution in [-0.4, -0.2) is 42.2 Å². The van der Waals surface area contributed by atoms with Gasteiger partial charge < -0.3 is 10.1 Å². The van der Waals surface area contributed by atoms with E-state index in [1.54, 1.807) is 7.11 Å². The average Bonchev–Trinajstić information content (AvgIpc) is 2.61. The first kappa shape index (κ1) is 14.3. The monoisotopic (exact) mass is 263 g/mol. The van der Waals surface area contributed by atoms with E-state index in [0.29, 0.717) is 5.88 Å². The first-order chi connectivity index (χ1) is 9.15. The lowest BCUT2D eigenvalue weighted by Crippen LogP contribution is -2.48. The Labute approximate surface area is 116 Å². The van der Waals surface area contributed by atoms with Crippen LogP contribution in [0.1, 0.15) is 32.3 Å². The smallest absolute Gasteiger partial charge is 0.213 e. The zero-order valence-corrected chi connectivity index (χ0v) is 12.3. The predicted octanol–water partition coefficient (Wildman–Crippen LogP) is 2.05. The van der Waals surface area contributed by atoms with Gasteiger partial charge in [-0.05, 0) is 44.5 Å². The molecule has 1 unspecified atom stereocenters. The van der Waals surface area contributed by atoms with Crippen LogP contribution >= 0.6 is 0 Å². The molecule has 19 heavy (non-hydrogen) atoms. The van der Waals surface area contributed by atoms with Gasteiger partial charge in [0.05, 0.1) is 7.11 Å². The normalized spacial score (nSPS) is 25.0. The maximum Gasteiger partial charge on any atom is 0.213 e. The van der Waals surface area contributed by atoms with Crippen LogP contribution in [0.15, 0.2) is 18.3 Å². The maximum atomic E-state index is 5.19. The standard InChI is InChI=1S/C15H25N3O/c1-4-15(2)12-18(9-5-7-17-15)11-13-6-8-16-14(10-13)19-3/h6,8,10,17H,4-5,7,9,11-12H2,1-3H3. The van der Waals surface area contributed by atoms with Crippen LogP contribution in [0.4, 0.5) is 0 Å². The van der Waals surface area contributed by atoms with E-state index < -0.39 is 0 Å². The van der Waals surface area contributed by atoms with Crippen LogP contribution in [0.2, 0.25) is 0 Å². The lowest BCUT2D eigenvalue weighted by molar-refractivity contribution is 0.208. The molecular weight excluding hydrogens is 238 g/mol. The highest BCUT2D eigenvalue weighted by atomic mass is 16.5. The van der Waals surface area contributed by atoms with Gasteiger partial charge in [-0.15, -0.1) is 0 Å². The minimum Gasteiger partial charge on any atom is -0.481 e. The molecule has 0 saturated carbocycles. The van der Waals surface area contributed by atoms with Crippen molar-refractivity contribution in [2.75, 3.05) is 26.7 Å². The molecule has 4 heteroatoms. The lowest BCUT2D eigenvalue weighted by Gasteiger charge is -2.32. The molecule has 4 nitrogen and oxygen atoms in total. The summed E-state index contributed by atoms with van der Waals surface area (Å²) in [5.74, 6) is 0.698. The van der Waals surface area contributed by atoms with Crippen LogP contribution in [0.5, 0.6) is 5.88 Å². The highest BCUT2D eigenvalue weighted by molar-refractivity contribution is 5.20. The molecule has 2 rings (SSSR count). The average molecular weight is 263 g/mol. The van der Waals surface area contributed by atoms with Crippen molar-refractivity contribution in [2.45, 2.75) is 38.8 Å². The van der Waals surface area contributed by atoms with Crippen LogP contribution < -0.4 is 10.1 Å². The molecule has 0 bridgehead atoms. The number of rotatable bonds is 4. The summed E-state index contributed by atoms with van der Waals surface area (Å²) >= 11 is 0. The van der Waals surface area contributed by atoms with E-state index in [2.05, 4.69) is 35.1 Å². The van der Waals surface area contributed by atoms with E-state index in [1.165, 1.54) is 12.0 Å². The van der Waals surface area contributed by atoms with Crippen LogP contribution in [-0.2, 0) is 6.54 Å². The zero-order chi connectivity index (χ0) is 13.7. The van der Waals surface area contributed by atoms with E-state index in [1.807, 2.05) is 12.3 Å². The fourth-order valence-corrected chi connectivity index (χ4v) is 2.61. The summed E-state index contributed by atoms with van der Waals surface area (Å²) in [6.45, 7) is 8.89. The summed E-state index contributed by atoms with van der Waals surface area (Å²) in [7, 11) is 1.66. The summed E-state index contributed by atoms with van der Waals surface area (Å²) in [5, 5.41) is 3.67. The first-order valence-corrected chi connectivity index (χ1v) is 7.11. The Morgan fingerprint density at radius 2 is 2.37 bits per heavy atom. The van der Waals surface area contributed by atoms with E-state index in [-0.39, 0.29) is 5.54 Å². The van der Waals surface area contributed by atoms with E-state index >= 15 is 0 Å². The predicted molar refractivity (Wildman–Crippen MR) is 77.4 cm³/mol. The first-order valence-electron chi connectivity index (χ1n) is 7.11. The van der Waals surface area contributed by atoms with Crippen LogP contribution in [0, 0.1) is 0 Å². The maximum absolute atomic E-state index is 5.19. The van der Waals surface area contributed by atoms with Crippen molar-refractivity contribution in [3.8, 4) is 5.88 Å². The topological polar surface area (TPSA) is 37.4 Å². The Hall–Kier alpha value is -1.13. The number of hydrogen-bond acceptors (Lipinski definition) is 4. The zero-order valence-electron chi connectivity index (χ0n) is 12.3. The van der Waals surface area contributed by atoms with Crippen molar-refractivity contribution in [3.63, 3.8) is 0 Å². The molecule has 0 spiro atoms. The van der Waals surface area contributed by atoms with Gasteiger partial charge in [0.15, 0.2) is 0 Å². The van der Waals surface area contributed by atoms with Crippen molar-refractivity contribution in [1.82, 2.24) is 15.2 Å². The third-order valence-corrected chi connectivity index (χ3v) is 3.97. The number of nitrogens with one attached hydrogen (secondary N) is 1. The van der Waals surface area contributed by atoms with Gasteiger partial charge >= 0.3 is 0 Å². The van der Waals surface area contributed by atoms with E-state index in [0.717, 1.165) is 32.6 Å². The fourth-order valence-electron chi connectivity index (χ4n) is 2.61. The molecule has 0 aromatic carbocycles. The molecule has 1 atom stereocenters. The number of ether oxygens (including phenoxy) is 1. The molecular formula is C15H25N3O. The molecule has 1 fully saturated rings. The van der Waals surface area contributed by atoms with Crippen molar-refractivity contribution in [3.05, 3.63) is 23.9 Å². The number of hydrogen-bond donors (Lipinski definition) is 1. The van der Waals surface area contributed by atoms with Crippen molar-refractivity contribution < 1.29 is 4.74 Å². The van der Waals surface area contributed by atoms with Crippen LogP contribution in [0.25, 0.3) is 0 Å². The second kappa shape index (κ2) is 6.35. The number of pyridine rings is 1. The molecule has 0 radical (unpaired) electrons. The van der Waals surface area contributed by atoms with E-state index in [4.69, 9.17) is 4.74 Å². The molecule has 2 heterocycles. The Kier molecular flexibility index (Phi) is 4.77. The number of nitrogens with zero attached hydrogens (tertiary/aromatic N) is 2. The highest BCUT2D eigenvalue weighted by Gasteiger charge is 2.26. The van der Waals surface area contributed by atoms with Gasteiger partial charge in [-0.25, -0.2) is 4.98 Å². The van der Waals surface area contributed by atoms with Gasteiger partial charge in [-0.1, -0.05) is 6.92 Å². The summed E-state index contributed by atoms with van der Waals surface area (Å²) in [6, 6.07) is 4.10. The molecule has 1 aromatic heterocycles. The third kappa shape index (κ3) is 3.91. The molecule has 1 aliphatic rings. The minimum atomic E-state index is 0.230. The molecule has 0 amide bonds. The van der Waals surface area contributed by atoms with Crippen molar-refractivity contribution in [2.24, 2.45) is 0 Å². The SMILES string of the molecule is CCC1(C)CN(Cc2ccnc(OC)c2)CCCN1. The Balaban J connectivity index is 2.04. The second-order valence-corrected chi connectivity index (χ2v) is 5.61. The van der Waals surface area contributed by atoms with Crippen molar-refractivity contribution >= 4 is 0 Å². The van der Waals surface area contributed by atoms with Gasteiger partial charge in [0.2, 0.25) is 5.88 Å². The number of methoxy groups -OCH3 is 1. The summed E-state index contributed by atoms with van der Waals surface area (Å²) in [6.07, 6.45) is 4.18. The molecule has 1 N–H and O–H groups in total. The van der Waals surface area contributed by atoms with Crippen molar-refractivity contribution in [1.29, 1.82) is 0 Å². The quantitative estimate of drug-likeness (QED) is 0.902. The van der Waals surface area contributed by atoms with Crippen LogP contribution in [0.3, 0.4) is 0 Å². The van der Waals surface area contributed by atoms with Gasteiger partial charge in [0, 0.05) is 30.9 Å². The molecule has 1 aromatic rings. The second-order valence-electron chi connectivity index (χ2n) is 5.61. The molecule has 106 valence electrons. The lowest BCUT2D eigenvalue weighted by atomic mass is 9.98. The molecule has 0 aliphatic carbocycles. The Morgan fingerprint density at radius 1 is 1.53 bits per heavy atom. The summed E-state index contributed by atoms with van der Waals surface area (Å²) in [5.41, 5.74) is 1.50. The molecule has 1 aliphatic heterocycles. The molecule has 1 saturated heterocycles. The van der Waals surface area contributed by atoms with Gasteiger partial charge in [-0.2, -0.15) is 0 Å². The van der Waals surface area contributed by atoms with E-state index in [9.17, 15) is 0 Å². The van der Waals surface area contributed by atoms with Gasteiger partial charge in [0.25, 0.3) is 0 Å². The third-order valence-electron chi connectivity index (χ3n) is 3.97. The van der Waals surface area contributed by atoms with Gasteiger partial charge in [0.1, 0.15) is 0 Å². The largest absolute Gasteiger partial charge is 0.481 e. The fraction of sp³-hybridized carbons (Fsp3) is 0.667. The Morgan fingerprint density at radius 3 is 3.11 bits per heavy atom. The Bertz CT molecular complexity index is 410. The van der Waals surface area contributed by atoms with Gasteiger partial charge in [-0.3, -0.25) is 4.90 Å². The minimum absolute atomic E-state index is 0.230. The summed E-state index contributed by atoms with van der Waals surface area (Å²) < 4.78 is 5.19. The summed E-state index contributed by atoms with van der Waals surface area (Å²) in [4.78, 5) is 6.69. The number of aromatic nitrogens is 1.